The zero-order chi connectivity index (χ0) is 19.1. The van der Waals surface area contributed by atoms with Gasteiger partial charge in [-0.15, -0.1) is 12.4 Å². The number of amides is 1. The zero-order valence-corrected chi connectivity index (χ0v) is 17.1. The van der Waals surface area contributed by atoms with Gasteiger partial charge >= 0.3 is 0 Å². The molecule has 152 valence electrons. The molecule has 2 saturated carbocycles. The van der Waals surface area contributed by atoms with Crippen LogP contribution in [-0.4, -0.2) is 21.9 Å². The van der Waals surface area contributed by atoms with Gasteiger partial charge in [-0.1, -0.05) is 30.7 Å². The third-order valence-corrected chi connectivity index (χ3v) is 6.61. The molecule has 2 atom stereocenters. The van der Waals surface area contributed by atoms with Crippen LogP contribution < -0.4 is 11.1 Å². The van der Waals surface area contributed by atoms with Gasteiger partial charge in [0.25, 0.3) is 0 Å². The van der Waals surface area contributed by atoms with E-state index in [0.717, 1.165) is 53.8 Å². The standard InChI is InChI=1S/C23H26N4O.ClH/c24-21-14-6-5-7-15(21)13-16(12-14)23(28)27-18-9-2-1-8-17(18)22-25-19-10-3-4-11-20(19)26-22;/h1-4,8-11,14-16,21H,5-7,12-13,24H2,(H,25,26)(H,27,28);1H. The molecule has 0 aliphatic heterocycles. The molecule has 2 unspecified atom stereocenters. The Balaban J connectivity index is 0.00000205. The molecule has 2 aromatic carbocycles. The summed E-state index contributed by atoms with van der Waals surface area (Å²) in [5, 5.41) is 3.19. The first-order chi connectivity index (χ1) is 13.7. The number of carbonyl (C=O) groups is 1. The number of aromatic amines is 1. The number of aromatic nitrogens is 2. The van der Waals surface area contributed by atoms with Crippen molar-refractivity contribution in [3.8, 4) is 11.4 Å². The molecule has 2 aliphatic carbocycles. The van der Waals surface area contributed by atoms with Gasteiger partial charge in [-0.2, -0.15) is 0 Å². The molecule has 0 radical (unpaired) electrons. The van der Waals surface area contributed by atoms with Crippen LogP contribution in [0.1, 0.15) is 32.1 Å². The third-order valence-electron chi connectivity index (χ3n) is 6.61. The van der Waals surface area contributed by atoms with Crippen molar-refractivity contribution in [1.82, 2.24) is 9.97 Å². The van der Waals surface area contributed by atoms with Crippen LogP contribution in [0.2, 0.25) is 0 Å². The van der Waals surface area contributed by atoms with Crippen molar-refractivity contribution in [1.29, 1.82) is 0 Å². The van der Waals surface area contributed by atoms with Gasteiger partial charge < -0.3 is 16.0 Å². The average molecular weight is 411 g/mol. The Kier molecular flexibility index (Phi) is 5.61. The Bertz CT molecular complexity index is 970. The summed E-state index contributed by atoms with van der Waals surface area (Å²) in [6, 6.07) is 16.1. The Morgan fingerprint density at radius 1 is 1.03 bits per heavy atom. The van der Waals surface area contributed by atoms with Gasteiger partial charge in [0, 0.05) is 17.5 Å². The summed E-state index contributed by atoms with van der Waals surface area (Å²) in [6.07, 6.45) is 5.41. The number of fused-ring (bicyclic) bond motifs is 3. The number of hydrogen-bond acceptors (Lipinski definition) is 3. The van der Waals surface area contributed by atoms with Crippen LogP contribution in [-0.2, 0) is 4.79 Å². The summed E-state index contributed by atoms with van der Waals surface area (Å²) in [5.41, 5.74) is 10.0. The summed E-state index contributed by atoms with van der Waals surface area (Å²) in [5.74, 6) is 1.94. The number of nitrogens with one attached hydrogen (secondary N) is 2. The molecular formula is C23H27ClN4O. The van der Waals surface area contributed by atoms with Gasteiger partial charge in [-0.25, -0.2) is 4.98 Å². The van der Waals surface area contributed by atoms with E-state index in [1.165, 1.54) is 6.42 Å². The molecule has 4 N–H and O–H groups in total. The maximum atomic E-state index is 13.1. The van der Waals surface area contributed by atoms with Crippen molar-refractivity contribution in [3.05, 3.63) is 48.5 Å². The molecular weight excluding hydrogens is 384 g/mol. The number of halogens is 1. The molecule has 0 saturated heterocycles. The Hall–Kier alpha value is -2.37. The summed E-state index contributed by atoms with van der Waals surface area (Å²) in [6.45, 7) is 0. The molecule has 2 aliphatic rings. The first kappa shape index (κ1) is 19.9. The van der Waals surface area contributed by atoms with Crippen molar-refractivity contribution >= 4 is 35.0 Å². The topological polar surface area (TPSA) is 83.8 Å². The monoisotopic (exact) mass is 410 g/mol. The number of nitrogens with two attached hydrogens (primary N) is 1. The molecule has 5 nitrogen and oxygen atoms in total. The summed E-state index contributed by atoms with van der Waals surface area (Å²) >= 11 is 0. The van der Waals surface area contributed by atoms with Crippen molar-refractivity contribution in [3.63, 3.8) is 0 Å². The highest BCUT2D eigenvalue weighted by Gasteiger charge is 2.40. The van der Waals surface area contributed by atoms with E-state index in [2.05, 4.69) is 10.3 Å². The predicted molar refractivity (Wildman–Crippen MR) is 119 cm³/mol. The van der Waals surface area contributed by atoms with Gasteiger partial charge in [0.05, 0.1) is 16.7 Å². The highest BCUT2D eigenvalue weighted by atomic mass is 35.5. The van der Waals surface area contributed by atoms with Gasteiger partial charge in [-0.05, 0) is 61.8 Å². The van der Waals surface area contributed by atoms with Crippen LogP contribution in [0.4, 0.5) is 5.69 Å². The number of hydrogen-bond donors (Lipinski definition) is 3. The second-order valence-corrected chi connectivity index (χ2v) is 8.33. The minimum Gasteiger partial charge on any atom is -0.338 e. The lowest BCUT2D eigenvalue weighted by atomic mass is 9.65. The minimum atomic E-state index is 0. The quantitative estimate of drug-likeness (QED) is 0.582. The molecule has 5 rings (SSSR count). The number of H-pyrrole nitrogens is 1. The predicted octanol–water partition coefficient (Wildman–Crippen LogP) is 4.74. The molecule has 2 bridgehead atoms. The fraction of sp³-hybridized carbons (Fsp3) is 0.391. The smallest absolute Gasteiger partial charge is 0.227 e. The highest BCUT2D eigenvalue weighted by Crippen LogP contribution is 2.42. The number of imidazole rings is 1. The Labute approximate surface area is 176 Å². The van der Waals surface area contributed by atoms with E-state index in [4.69, 9.17) is 10.7 Å². The van der Waals surface area contributed by atoms with Crippen LogP contribution >= 0.6 is 12.4 Å². The van der Waals surface area contributed by atoms with Gasteiger partial charge in [0.1, 0.15) is 5.82 Å². The summed E-state index contributed by atoms with van der Waals surface area (Å²) in [7, 11) is 0. The molecule has 29 heavy (non-hydrogen) atoms. The molecule has 1 heterocycles. The number of carbonyl (C=O) groups excluding carboxylic acids is 1. The van der Waals surface area contributed by atoms with E-state index >= 15 is 0 Å². The van der Waals surface area contributed by atoms with Crippen molar-refractivity contribution in [2.75, 3.05) is 5.32 Å². The van der Waals surface area contributed by atoms with E-state index in [1.807, 2.05) is 48.5 Å². The lowest BCUT2D eigenvalue weighted by molar-refractivity contribution is -0.122. The number of nitrogens with zero attached hydrogens (tertiary/aromatic N) is 1. The Morgan fingerprint density at radius 3 is 2.48 bits per heavy atom. The molecule has 2 fully saturated rings. The summed E-state index contributed by atoms with van der Waals surface area (Å²) < 4.78 is 0. The number of anilines is 1. The van der Waals surface area contributed by atoms with Crippen LogP contribution in [0, 0.1) is 17.8 Å². The Morgan fingerprint density at radius 2 is 1.72 bits per heavy atom. The van der Waals surface area contributed by atoms with Crippen LogP contribution in [0.15, 0.2) is 48.5 Å². The molecule has 1 amide bonds. The van der Waals surface area contributed by atoms with Gasteiger partial charge in [-0.3, -0.25) is 4.79 Å². The number of benzene rings is 2. The fourth-order valence-corrected chi connectivity index (χ4v) is 5.12. The van der Waals surface area contributed by atoms with E-state index in [9.17, 15) is 4.79 Å². The van der Waals surface area contributed by atoms with E-state index in [1.54, 1.807) is 0 Å². The maximum absolute atomic E-state index is 13.1. The minimum absolute atomic E-state index is 0. The molecule has 6 heteroatoms. The van der Waals surface area contributed by atoms with E-state index < -0.39 is 0 Å². The number of para-hydroxylation sites is 3. The fourth-order valence-electron chi connectivity index (χ4n) is 5.12. The van der Waals surface area contributed by atoms with Crippen LogP contribution in [0.25, 0.3) is 22.4 Å². The van der Waals surface area contributed by atoms with Crippen LogP contribution in [0.3, 0.4) is 0 Å². The van der Waals surface area contributed by atoms with Crippen molar-refractivity contribution in [2.45, 2.75) is 38.1 Å². The second kappa shape index (κ2) is 8.17. The van der Waals surface area contributed by atoms with Crippen molar-refractivity contribution < 1.29 is 4.79 Å². The van der Waals surface area contributed by atoms with Crippen LogP contribution in [0.5, 0.6) is 0 Å². The first-order valence-electron chi connectivity index (χ1n) is 10.3. The van der Waals surface area contributed by atoms with Gasteiger partial charge in [0.2, 0.25) is 5.91 Å². The third kappa shape index (κ3) is 3.77. The lowest BCUT2D eigenvalue weighted by Crippen LogP contribution is -2.48. The average Bonchev–Trinajstić information content (AvgIpc) is 3.12. The SMILES string of the molecule is Cl.NC1C2CCCC1CC(C(=O)Nc1ccccc1-c1nc3ccccc3[nH]1)C2. The normalized spacial score (nSPS) is 26.0. The number of rotatable bonds is 3. The van der Waals surface area contributed by atoms with E-state index in [-0.39, 0.29) is 30.3 Å². The summed E-state index contributed by atoms with van der Waals surface area (Å²) in [4.78, 5) is 21.1. The maximum Gasteiger partial charge on any atom is 0.227 e. The first-order valence-corrected chi connectivity index (χ1v) is 10.3. The van der Waals surface area contributed by atoms with E-state index in [0.29, 0.717) is 11.8 Å². The van der Waals surface area contributed by atoms with Crippen molar-refractivity contribution in [2.24, 2.45) is 23.5 Å². The zero-order valence-electron chi connectivity index (χ0n) is 16.3. The molecule has 0 spiro atoms. The molecule has 3 aromatic rings. The lowest BCUT2D eigenvalue weighted by Gasteiger charge is -2.43. The highest BCUT2D eigenvalue weighted by molar-refractivity contribution is 5.96. The van der Waals surface area contributed by atoms with Gasteiger partial charge in [0.15, 0.2) is 0 Å². The largest absolute Gasteiger partial charge is 0.338 e. The molecule has 1 aromatic heterocycles. The second-order valence-electron chi connectivity index (χ2n) is 8.33.